The van der Waals surface area contributed by atoms with E-state index < -0.39 is 0 Å². The van der Waals surface area contributed by atoms with Crippen molar-refractivity contribution in [1.29, 1.82) is 0 Å². The standard InChI is InChI=1S/C12H21N3OS/c1-15(7-11-8-17-10-14-11)12(9-13)3-2-5-16-6-4-12/h8,10H,2-7,9,13H2,1H3. The average molecular weight is 255 g/mol. The third-order valence-corrected chi connectivity index (χ3v) is 4.35. The summed E-state index contributed by atoms with van der Waals surface area (Å²) in [5.41, 5.74) is 9.12. The fourth-order valence-electron chi connectivity index (χ4n) is 2.46. The van der Waals surface area contributed by atoms with Gasteiger partial charge in [-0.25, -0.2) is 4.98 Å². The zero-order valence-corrected chi connectivity index (χ0v) is 11.2. The van der Waals surface area contributed by atoms with E-state index in [4.69, 9.17) is 10.5 Å². The molecule has 2 rings (SSSR count). The molecular formula is C12H21N3OS. The Kier molecular flexibility index (Phi) is 4.50. The lowest BCUT2D eigenvalue weighted by Gasteiger charge is -2.40. The summed E-state index contributed by atoms with van der Waals surface area (Å²) < 4.78 is 5.54. The Hall–Kier alpha value is -0.490. The highest BCUT2D eigenvalue weighted by Crippen LogP contribution is 2.27. The van der Waals surface area contributed by atoms with Crippen molar-refractivity contribution >= 4 is 11.3 Å². The van der Waals surface area contributed by atoms with Crippen LogP contribution < -0.4 is 5.73 Å². The van der Waals surface area contributed by atoms with Crippen LogP contribution in [0.2, 0.25) is 0 Å². The Morgan fingerprint density at radius 1 is 1.53 bits per heavy atom. The molecule has 1 saturated heterocycles. The zero-order chi connectivity index (χ0) is 12.1. The SMILES string of the molecule is CN(Cc1cscn1)C1(CN)CCCOCC1. The van der Waals surface area contributed by atoms with Gasteiger partial charge < -0.3 is 10.5 Å². The molecule has 1 aliphatic heterocycles. The molecule has 0 spiro atoms. The molecule has 4 nitrogen and oxygen atoms in total. The molecule has 1 aromatic rings. The number of aromatic nitrogens is 1. The lowest BCUT2D eigenvalue weighted by Crippen LogP contribution is -2.51. The molecule has 0 amide bonds. The number of likely N-dealkylation sites (N-methyl/N-ethyl adjacent to an activating group) is 1. The van der Waals surface area contributed by atoms with E-state index in [1.165, 1.54) is 0 Å². The molecule has 1 unspecified atom stereocenters. The minimum atomic E-state index is 0.0834. The van der Waals surface area contributed by atoms with Crippen LogP contribution in [0.5, 0.6) is 0 Å². The molecule has 1 atom stereocenters. The smallest absolute Gasteiger partial charge is 0.0795 e. The summed E-state index contributed by atoms with van der Waals surface area (Å²) in [6.45, 7) is 3.25. The number of thiazole rings is 1. The van der Waals surface area contributed by atoms with Crippen LogP contribution in [-0.4, -0.2) is 42.2 Å². The van der Waals surface area contributed by atoms with E-state index in [1.807, 2.05) is 5.51 Å². The van der Waals surface area contributed by atoms with Gasteiger partial charge in [-0.1, -0.05) is 0 Å². The molecule has 2 heterocycles. The first-order valence-corrected chi connectivity index (χ1v) is 7.07. The Labute approximate surface area is 107 Å². The zero-order valence-electron chi connectivity index (χ0n) is 10.4. The summed E-state index contributed by atoms with van der Waals surface area (Å²) in [7, 11) is 2.15. The largest absolute Gasteiger partial charge is 0.381 e. The molecule has 0 saturated carbocycles. The minimum absolute atomic E-state index is 0.0834. The number of hydrogen-bond donors (Lipinski definition) is 1. The maximum absolute atomic E-state index is 6.02. The molecular weight excluding hydrogens is 234 g/mol. The highest BCUT2D eigenvalue weighted by Gasteiger charge is 2.34. The highest BCUT2D eigenvalue weighted by atomic mass is 32.1. The van der Waals surface area contributed by atoms with Gasteiger partial charge >= 0.3 is 0 Å². The van der Waals surface area contributed by atoms with Crippen LogP contribution in [0.4, 0.5) is 0 Å². The van der Waals surface area contributed by atoms with Crippen molar-refractivity contribution in [3.8, 4) is 0 Å². The van der Waals surface area contributed by atoms with Gasteiger partial charge in [-0.05, 0) is 26.3 Å². The topological polar surface area (TPSA) is 51.4 Å². The van der Waals surface area contributed by atoms with E-state index >= 15 is 0 Å². The predicted octanol–water partition coefficient (Wildman–Crippen LogP) is 1.47. The van der Waals surface area contributed by atoms with Gasteiger partial charge in [0, 0.05) is 37.2 Å². The van der Waals surface area contributed by atoms with Crippen molar-refractivity contribution in [2.45, 2.75) is 31.3 Å². The first-order valence-electron chi connectivity index (χ1n) is 6.13. The molecule has 0 radical (unpaired) electrons. The van der Waals surface area contributed by atoms with Gasteiger partial charge in [0.2, 0.25) is 0 Å². The van der Waals surface area contributed by atoms with E-state index in [0.29, 0.717) is 6.54 Å². The first-order chi connectivity index (χ1) is 8.27. The van der Waals surface area contributed by atoms with Gasteiger partial charge in [-0.3, -0.25) is 4.90 Å². The summed E-state index contributed by atoms with van der Waals surface area (Å²) in [6.07, 6.45) is 3.23. The Bertz CT molecular complexity index is 321. The first kappa shape index (κ1) is 13.0. The number of nitrogens with two attached hydrogens (primary N) is 1. The summed E-state index contributed by atoms with van der Waals surface area (Å²) in [4.78, 5) is 6.70. The third-order valence-electron chi connectivity index (χ3n) is 3.71. The predicted molar refractivity (Wildman–Crippen MR) is 70.0 cm³/mol. The second-order valence-corrected chi connectivity index (χ2v) is 5.45. The number of nitrogens with zero attached hydrogens (tertiary/aromatic N) is 2. The minimum Gasteiger partial charge on any atom is -0.381 e. The van der Waals surface area contributed by atoms with Gasteiger partial charge in [-0.15, -0.1) is 11.3 Å². The lowest BCUT2D eigenvalue weighted by atomic mass is 9.89. The Balaban J connectivity index is 2.04. The van der Waals surface area contributed by atoms with E-state index in [1.54, 1.807) is 11.3 Å². The van der Waals surface area contributed by atoms with Crippen LogP contribution in [-0.2, 0) is 11.3 Å². The Morgan fingerprint density at radius 3 is 3.12 bits per heavy atom. The summed E-state index contributed by atoms with van der Waals surface area (Å²) >= 11 is 1.65. The Morgan fingerprint density at radius 2 is 2.41 bits per heavy atom. The molecule has 2 N–H and O–H groups in total. The molecule has 0 bridgehead atoms. The summed E-state index contributed by atoms with van der Waals surface area (Å²) in [5.74, 6) is 0. The molecule has 96 valence electrons. The van der Waals surface area contributed by atoms with Gasteiger partial charge in [0.15, 0.2) is 0 Å². The van der Waals surface area contributed by atoms with Gasteiger partial charge in [0.1, 0.15) is 0 Å². The molecule has 1 aromatic heterocycles. The van der Waals surface area contributed by atoms with Crippen LogP contribution in [0.1, 0.15) is 25.0 Å². The molecule has 1 aliphatic rings. The molecule has 5 heteroatoms. The van der Waals surface area contributed by atoms with E-state index in [9.17, 15) is 0 Å². The van der Waals surface area contributed by atoms with Crippen LogP contribution in [0.3, 0.4) is 0 Å². The van der Waals surface area contributed by atoms with Crippen molar-refractivity contribution in [3.05, 3.63) is 16.6 Å². The van der Waals surface area contributed by atoms with Crippen LogP contribution in [0, 0.1) is 0 Å². The van der Waals surface area contributed by atoms with E-state index in [0.717, 1.165) is 44.7 Å². The van der Waals surface area contributed by atoms with Crippen LogP contribution in [0.25, 0.3) is 0 Å². The van der Waals surface area contributed by atoms with Crippen molar-refractivity contribution in [2.24, 2.45) is 5.73 Å². The fraction of sp³-hybridized carbons (Fsp3) is 0.750. The van der Waals surface area contributed by atoms with Crippen molar-refractivity contribution in [1.82, 2.24) is 9.88 Å². The van der Waals surface area contributed by atoms with Crippen molar-refractivity contribution in [3.63, 3.8) is 0 Å². The second kappa shape index (κ2) is 5.91. The van der Waals surface area contributed by atoms with E-state index in [2.05, 4.69) is 22.3 Å². The third kappa shape index (κ3) is 3.04. The molecule has 1 fully saturated rings. The van der Waals surface area contributed by atoms with Gasteiger partial charge in [-0.2, -0.15) is 0 Å². The number of rotatable bonds is 4. The molecule has 0 aromatic carbocycles. The highest BCUT2D eigenvalue weighted by molar-refractivity contribution is 7.07. The fourth-order valence-corrected chi connectivity index (χ4v) is 3.01. The van der Waals surface area contributed by atoms with Crippen LogP contribution in [0.15, 0.2) is 10.9 Å². The maximum atomic E-state index is 6.02. The summed E-state index contributed by atoms with van der Waals surface area (Å²) in [5, 5.41) is 2.11. The molecule has 0 aliphatic carbocycles. The van der Waals surface area contributed by atoms with Crippen molar-refractivity contribution in [2.75, 3.05) is 26.8 Å². The normalized spacial score (nSPS) is 26.1. The van der Waals surface area contributed by atoms with Gasteiger partial charge in [0.25, 0.3) is 0 Å². The number of ether oxygens (including phenoxy) is 1. The average Bonchev–Trinajstić information content (AvgIpc) is 2.72. The quantitative estimate of drug-likeness (QED) is 0.885. The van der Waals surface area contributed by atoms with Crippen LogP contribution >= 0.6 is 11.3 Å². The van der Waals surface area contributed by atoms with Gasteiger partial charge in [0.05, 0.1) is 11.2 Å². The lowest BCUT2D eigenvalue weighted by molar-refractivity contribution is 0.0827. The number of hydrogen-bond acceptors (Lipinski definition) is 5. The summed E-state index contributed by atoms with van der Waals surface area (Å²) in [6, 6.07) is 0. The van der Waals surface area contributed by atoms with Crippen molar-refractivity contribution < 1.29 is 4.74 Å². The second-order valence-electron chi connectivity index (χ2n) is 4.73. The monoisotopic (exact) mass is 255 g/mol. The molecule has 17 heavy (non-hydrogen) atoms. The maximum Gasteiger partial charge on any atom is 0.0795 e. The van der Waals surface area contributed by atoms with E-state index in [-0.39, 0.29) is 5.54 Å².